The van der Waals surface area contributed by atoms with Crippen molar-refractivity contribution in [2.75, 3.05) is 0 Å². The zero-order valence-corrected chi connectivity index (χ0v) is 9.38. The number of ether oxygens (including phenoxy) is 1. The fourth-order valence-corrected chi connectivity index (χ4v) is 2.91. The molecule has 0 spiro atoms. The molecule has 0 atom stereocenters. The van der Waals surface area contributed by atoms with E-state index in [1.807, 2.05) is 0 Å². The molecule has 0 saturated heterocycles. The minimum absolute atomic E-state index is 0.203. The smallest absolute Gasteiger partial charge is 0.345 e. The minimum Gasteiger partial charge on any atom is -0.488 e. The largest absolute Gasteiger partial charge is 0.488 e. The van der Waals surface area contributed by atoms with Gasteiger partial charge in [0.25, 0.3) is 0 Å². The predicted octanol–water partition coefficient (Wildman–Crippen LogP) is 3.14. The van der Waals surface area contributed by atoms with Crippen LogP contribution in [0.3, 0.4) is 0 Å². The number of hydrogen-bond acceptors (Lipinski definition) is 3. The van der Waals surface area contributed by atoms with Crippen LogP contribution in [0, 0.1) is 5.82 Å². The lowest BCUT2D eigenvalue weighted by Crippen LogP contribution is -2.04. The van der Waals surface area contributed by atoms with Gasteiger partial charge in [0.15, 0.2) is 0 Å². The van der Waals surface area contributed by atoms with E-state index in [1.54, 1.807) is 12.1 Å². The van der Waals surface area contributed by atoms with Crippen molar-refractivity contribution < 1.29 is 19.0 Å². The van der Waals surface area contributed by atoms with Crippen molar-refractivity contribution in [2.45, 2.75) is 6.61 Å². The lowest BCUT2D eigenvalue weighted by atomic mass is 10.1. The highest BCUT2D eigenvalue weighted by atomic mass is 32.1. The van der Waals surface area contributed by atoms with Gasteiger partial charge in [-0.25, -0.2) is 9.18 Å². The number of carbonyl (C=O) groups is 1. The van der Waals surface area contributed by atoms with Gasteiger partial charge in [0.05, 0.1) is 5.56 Å². The van der Waals surface area contributed by atoms with E-state index in [0.29, 0.717) is 16.2 Å². The van der Waals surface area contributed by atoms with Crippen molar-refractivity contribution in [1.82, 2.24) is 0 Å². The van der Waals surface area contributed by atoms with Crippen LogP contribution in [0.4, 0.5) is 4.39 Å². The van der Waals surface area contributed by atoms with Gasteiger partial charge >= 0.3 is 5.97 Å². The molecule has 0 aliphatic carbocycles. The molecule has 1 N–H and O–H groups in total. The first-order valence-corrected chi connectivity index (χ1v) is 5.76. The maximum absolute atomic E-state index is 13.7. The second kappa shape index (κ2) is 3.56. The van der Waals surface area contributed by atoms with Gasteiger partial charge in [-0.05, 0) is 18.2 Å². The number of rotatable bonds is 1. The van der Waals surface area contributed by atoms with Crippen LogP contribution >= 0.6 is 11.3 Å². The molecule has 3 rings (SSSR count). The lowest BCUT2D eigenvalue weighted by Gasteiger charge is -2.17. The first-order chi connectivity index (χ1) is 8.16. The summed E-state index contributed by atoms with van der Waals surface area (Å²) in [6.07, 6.45) is 0. The van der Waals surface area contributed by atoms with Gasteiger partial charge in [-0.1, -0.05) is 6.07 Å². The Hall–Kier alpha value is -1.88. The van der Waals surface area contributed by atoms with E-state index < -0.39 is 5.97 Å². The molecule has 1 aromatic carbocycles. The Kier molecular flexibility index (Phi) is 2.16. The van der Waals surface area contributed by atoms with E-state index in [2.05, 4.69) is 0 Å². The van der Waals surface area contributed by atoms with Gasteiger partial charge in [0.1, 0.15) is 23.1 Å². The van der Waals surface area contributed by atoms with Crippen molar-refractivity contribution in [3.63, 3.8) is 0 Å². The number of hydrogen-bond donors (Lipinski definition) is 1. The standard InChI is InChI=1S/C12H7FO3S/c13-7-2-1-3-8-10(7)11-6(5-16-8)4-9(17-11)12(14)15/h1-4H,5H2,(H,14,15). The number of aromatic carboxylic acids is 1. The van der Waals surface area contributed by atoms with Gasteiger partial charge < -0.3 is 9.84 Å². The first-order valence-electron chi connectivity index (χ1n) is 4.94. The normalized spacial score (nSPS) is 12.5. The third-order valence-electron chi connectivity index (χ3n) is 2.61. The third-order valence-corrected chi connectivity index (χ3v) is 3.79. The fourth-order valence-electron chi connectivity index (χ4n) is 1.85. The second-order valence-electron chi connectivity index (χ2n) is 3.67. The summed E-state index contributed by atoms with van der Waals surface area (Å²) in [4.78, 5) is 11.7. The van der Waals surface area contributed by atoms with Gasteiger partial charge in [-0.2, -0.15) is 0 Å². The molecule has 2 heterocycles. The number of thiophene rings is 1. The molecule has 0 bridgehead atoms. The average Bonchev–Trinajstić information content (AvgIpc) is 2.73. The molecule has 1 aliphatic rings. The maximum Gasteiger partial charge on any atom is 0.345 e. The Balaban J connectivity index is 2.25. The van der Waals surface area contributed by atoms with Crippen molar-refractivity contribution in [3.8, 4) is 16.2 Å². The van der Waals surface area contributed by atoms with Crippen LogP contribution in [-0.2, 0) is 6.61 Å². The summed E-state index contributed by atoms with van der Waals surface area (Å²) in [5, 5.41) is 8.93. The molecular formula is C12H7FO3S. The Morgan fingerprint density at radius 2 is 2.29 bits per heavy atom. The van der Waals surface area contributed by atoms with E-state index >= 15 is 0 Å². The minimum atomic E-state index is -0.998. The van der Waals surface area contributed by atoms with Gasteiger partial charge in [0, 0.05) is 10.4 Å². The number of fused-ring (bicyclic) bond motifs is 3. The van der Waals surface area contributed by atoms with E-state index in [-0.39, 0.29) is 17.3 Å². The first kappa shape index (κ1) is 10.3. The zero-order valence-electron chi connectivity index (χ0n) is 8.57. The van der Waals surface area contributed by atoms with Crippen LogP contribution in [0.5, 0.6) is 5.75 Å². The summed E-state index contributed by atoms with van der Waals surface area (Å²) < 4.78 is 19.1. The van der Waals surface area contributed by atoms with E-state index in [9.17, 15) is 9.18 Å². The highest BCUT2D eigenvalue weighted by molar-refractivity contribution is 7.17. The number of carboxylic acids is 1. The van der Waals surface area contributed by atoms with E-state index in [1.165, 1.54) is 12.1 Å². The highest BCUT2D eigenvalue weighted by Gasteiger charge is 2.24. The van der Waals surface area contributed by atoms with Gasteiger partial charge in [0.2, 0.25) is 0 Å². The third kappa shape index (κ3) is 1.51. The van der Waals surface area contributed by atoms with Crippen molar-refractivity contribution in [3.05, 3.63) is 40.5 Å². The van der Waals surface area contributed by atoms with E-state index in [4.69, 9.17) is 9.84 Å². The molecule has 0 amide bonds. The SMILES string of the molecule is O=C(O)c1cc2c(s1)-c1c(F)cccc1OC2. The van der Waals surface area contributed by atoms with Crippen LogP contribution in [0.15, 0.2) is 24.3 Å². The Morgan fingerprint density at radius 3 is 3.06 bits per heavy atom. The lowest BCUT2D eigenvalue weighted by molar-refractivity contribution is 0.0702. The number of benzene rings is 1. The van der Waals surface area contributed by atoms with Crippen LogP contribution in [0.25, 0.3) is 10.4 Å². The Labute approximate surface area is 100 Å². The average molecular weight is 250 g/mol. The zero-order chi connectivity index (χ0) is 12.0. The molecule has 0 saturated carbocycles. The molecule has 0 fully saturated rings. The topological polar surface area (TPSA) is 46.5 Å². The Morgan fingerprint density at radius 1 is 1.47 bits per heavy atom. The summed E-state index contributed by atoms with van der Waals surface area (Å²) >= 11 is 1.08. The van der Waals surface area contributed by atoms with Crippen molar-refractivity contribution in [1.29, 1.82) is 0 Å². The van der Waals surface area contributed by atoms with Gasteiger partial charge in [-0.3, -0.25) is 0 Å². The van der Waals surface area contributed by atoms with Crippen LogP contribution < -0.4 is 4.74 Å². The maximum atomic E-state index is 13.7. The molecular weight excluding hydrogens is 243 g/mol. The van der Waals surface area contributed by atoms with Crippen LogP contribution in [0.2, 0.25) is 0 Å². The predicted molar refractivity (Wildman–Crippen MR) is 61.0 cm³/mol. The molecule has 2 aromatic rings. The van der Waals surface area contributed by atoms with Crippen molar-refractivity contribution in [2.24, 2.45) is 0 Å². The fraction of sp³-hybridized carbons (Fsp3) is 0.0833. The Bertz CT molecular complexity index is 618. The van der Waals surface area contributed by atoms with Crippen LogP contribution in [-0.4, -0.2) is 11.1 Å². The molecule has 86 valence electrons. The highest BCUT2D eigenvalue weighted by Crippen LogP contribution is 2.43. The molecule has 0 radical (unpaired) electrons. The molecule has 0 unspecified atom stereocenters. The molecule has 3 nitrogen and oxygen atoms in total. The summed E-state index contributed by atoms with van der Waals surface area (Å²) in [6.45, 7) is 0.287. The molecule has 5 heteroatoms. The molecule has 17 heavy (non-hydrogen) atoms. The summed E-state index contributed by atoms with van der Waals surface area (Å²) in [5.41, 5.74) is 1.09. The van der Waals surface area contributed by atoms with Gasteiger partial charge in [-0.15, -0.1) is 11.3 Å². The van der Waals surface area contributed by atoms with Crippen LogP contribution in [0.1, 0.15) is 15.2 Å². The van der Waals surface area contributed by atoms with E-state index in [0.717, 1.165) is 16.9 Å². The molecule has 1 aromatic heterocycles. The summed E-state index contributed by atoms with van der Waals surface area (Å²) in [5.74, 6) is -0.916. The second-order valence-corrected chi connectivity index (χ2v) is 4.72. The van der Waals surface area contributed by atoms with Crippen molar-refractivity contribution >= 4 is 17.3 Å². The number of halogens is 1. The number of carboxylic acid groups (broad SMARTS) is 1. The monoisotopic (exact) mass is 250 g/mol. The quantitative estimate of drug-likeness (QED) is 0.845. The summed E-state index contributed by atoms with van der Waals surface area (Å²) in [6, 6.07) is 6.14. The molecule has 1 aliphatic heterocycles. The summed E-state index contributed by atoms with van der Waals surface area (Å²) in [7, 11) is 0.